The van der Waals surface area contributed by atoms with Crippen LogP contribution in [0, 0.1) is 29.5 Å². The number of benzene rings is 1. The minimum absolute atomic E-state index is 0.186. The van der Waals surface area contributed by atoms with E-state index in [9.17, 15) is 4.39 Å². The first kappa shape index (κ1) is 12.2. The third-order valence-corrected chi connectivity index (χ3v) is 6.31. The zero-order valence-electron chi connectivity index (χ0n) is 10.9. The Morgan fingerprint density at radius 1 is 1.11 bits per heavy atom. The summed E-state index contributed by atoms with van der Waals surface area (Å²) in [6.45, 7) is 0. The summed E-state index contributed by atoms with van der Waals surface area (Å²) in [5.41, 5.74) is 1.06. The maximum Gasteiger partial charge on any atom is 0.137 e. The van der Waals surface area contributed by atoms with Gasteiger partial charge in [-0.15, -0.1) is 0 Å². The first-order chi connectivity index (χ1) is 9.22. The molecule has 0 aliphatic heterocycles. The van der Waals surface area contributed by atoms with E-state index in [0.717, 1.165) is 29.4 Å². The van der Waals surface area contributed by atoms with Crippen LogP contribution in [0.5, 0.6) is 0 Å². The van der Waals surface area contributed by atoms with Gasteiger partial charge in [0.2, 0.25) is 0 Å². The Hall–Kier alpha value is -0.570. The summed E-state index contributed by atoms with van der Waals surface area (Å²) >= 11 is 3.27. The highest BCUT2D eigenvalue weighted by Gasteiger charge is 2.53. The lowest BCUT2D eigenvalue weighted by atomic mass is 9.79. The fourth-order valence-electron chi connectivity index (χ4n) is 5.03. The SMILES string of the molecule is Fc1ccc(NC2CC3CC2C2CCCC32)cc1Br. The van der Waals surface area contributed by atoms with Crippen molar-refractivity contribution in [3.8, 4) is 0 Å². The van der Waals surface area contributed by atoms with Crippen molar-refractivity contribution in [3.05, 3.63) is 28.5 Å². The highest BCUT2D eigenvalue weighted by Crippen LogP contribution is 2.59. The standard InChI is InChI=1S/C16H19BrFN/c17-14-8-10(4-5-15(14)18)19-16-7-9-6-13(16)12-3-1-2-11(9)12/h4-5,8-9,11-13,16,19H,1-3,6-7H2. The molecule has 3 aliphatic rings. The van der Waals surface area contributed by atoms with Crippen molar-refractivity contribution in [1.82, 2.24) is 0 Å². The van der Waals surface area contributed by atoms with Crippen LogP contribution in [0.4, 0.5) is 10.1 Å². The molecule has 0 heterocycles. The predicted octanol–water partition coefficient (Wildman–Crippen LogP) is 4.82. The fourth-order valence-corrected chi connectivity index (χ4v) is 5.41. The highest BCUT2D eigenvalue weighted by atomic mass is 79.9. The van der Waals surface area contributed by atoms with Gasteiger partial charge in [0.1, 0.15) is 5.82 Å². The zero-order valence-corrected chi connectivity index (χ0v) is 12.5. The van der Waals surface area contributed by atoms with E-state index in [-0.39, 0.29) is 5.82 Å². The quantitative estimate of drug-likeness (QED) is 0.822. The van der Waals surface area contributed by atoms with E-state index in [4.69, 9.17) is 0 Å². The topological polar surface area (TPSA) is 12.0 Å². The van der Waals surface area contributed by atoms with Crippen LogP contribution in [0.25, 0.3) is 0 Å². The average Bonchev–Trinajstić information content (AvgIpc) is 3.05. The third-order valence-electron chi connectivity index (χ3n) is 5.70. The molecule has 1 aromatic rings. The van der Waals surface area contributed by atoms with Gasteiger partial charge in [-0.1, -0.05) is 6.42 Å². The fraction of sp³-hybridized carbons (Fsp3) is 0.625. The molecule has 3 saturated carbocycles. The molecule has 0 aromatic heterocycles. The van der Waals surface area contributed by atoms with Gasteiger partial charge in [0.05, 0.1) is 4.47 Å². The first-order valence-corrected chi connectivity index (χ1v) is 8.23. The number of nitrogens with one attached hydrogen (secondary N) is 1. The molecule has 0 amide bonds. The predicted molar refractivity (Wildman–Crippen MR) is 78.6 cm³/mol. The van der Waals surface area contributed by atoms with Gasteiger partial charge in [-0.05, 0) is 83.5 Å². The number of fused-ring (bicyclic) bond motifs is 5. The number of halogens is 2. The zero-order chi connectivity index (χ0) is 13.0. The number of hydrogen-bond donors (Lipinski definition) is 1. The largest absolute Gasteiger partial charge is 0.382 e. The average molecular weight is 324 g/mol. The van der Waals surface area contributed by atoms with Crippen molar-refractivity contribution in [2.24, 2.45) is 23.7 Å². The maximum atomic E-state index is 13.3. The molecule has 3 aliphatic carbocycles. The van der Waals surface area contributed by atoms with Gasteiger partial charge in [0.15, 0.2) is 0 Å². The molecule has 5 atom stereocenters. The monoisotopic (exact) mass is 323 g/mol. The Morgan fingerprint density at radius 2 is 1.95 bits per heavy atom. The Labute approximate surface area is 122 Å². The van der Waals surface area contributed by atoms with Crippen molar-refractivity contribution in [1.29, 1.82) is 0 Å². The van der Waals surface area contributed by atoms with Gasteiger partial charge < -0.3 is 5.32 Å². The van der Waals surface area contributed by atoms with Crippen molar-refractivity contribution in [2.75, 3.05) is 5.32 Å². The number of hydrogen-bond acceptors (Lipinski definition) is 1. The summed E-state index contributed by atoms with van der Waals surface area (Å²) in [7, 11) is 0. The summed E-state index contributed by atoms with van der Waals surface area (Å²) in [6, 6.07) is 5.88. The molecule has 19 heavy (non-hydrogen) atoms. The molecular weight excluding hydrogens is 305 g/mol. The Morgan fingerprint density at radius 3 is 2.79 bits per heavy atom. The van der Waals surface area contributed by atoms with E-state index in [0.29, 0.717) is 10.5 Å². The van der Waals surface area contributed by atoms with E-state index < -0.39 is 0 Å². The Bertz CT molecular complexity index is 504. The number of anilines is 1. The van der Waals surface area contributed by atoms with Crippen LogP contribution in [-0.2, 0) is 0 Å². The second kappa shape index (κ2) is 4.47. The molecule has 2 bridgehead atoms. The minimum Gasteiger partial charge on any atom is -0.382 e. The van der Waals surface area contributed by atoms with Crippen LogP contribution in [0.3, 0.4) is 0 Å². The molecule has 0 saturated heterocycles. The van der Waals surface area contributed by atoms with Gasteiger partial charge in [-0.2, -0.15) is 0 Å². The molecule has 102 valence electrons. The second-order valence-corrected chi connectivity index (χ2v) is 7.39. The normalized spacial score (nSPS) is 39.6. The highest BCUT2D eigenvalue weighted by molar-refractivity contribution is 9.10. The van der Waals surface area contributed by atoms with E-state index in [1.807, 2.05) is 12.1 Å². The summed E-state index contributed by atoms with van der Waals surface area (Å²) in [4.78, 5) is 0. The first-order valence-electron chi connectivity index (χ1n) is 7.44. The molecule has 1 N–H and O–H groups in total. The third kappa shape index (κ3) is 1.93. The Balaban J connectivity index is 1.51. The molecule has 1 nitrogen and oxygen atoms in total. The maximum absolute atomic E-state index is 13.3. The van der Waals surface area contributed by atoms with Gasteiger partial charge in [-0.25, -0.2) is 4.39 Å². The lowest BCUT2D eigenvalue weighted by Crippen LogP contribution is -2.33. The van der Waals surface area contributed by atoms with Crippen LogP contribution in [0.2, 0.25) is 0 Å². The van der Waals surface area contributed by atoms with Crippen molar-refractivity contribution in [3.63, 3.8) is 0 Å². The van der Waals surface area contributed by atoms with E-state index >= 15 is 0 Å². The lowest BCUT2D eigenvalue weighted by molar-refractivity contribution is 0.243. The molecule has 0 spiro atoms. The molecule has 4 rings (SSSR count). The summed E-state index contributed by atoms with van der Waals surface area (Å²) < 4.78 is 13.8. The lowest BCUT2D eigenvalue weighted by Gasteiger charge is -2.32. The summed E-state index contributed by atoms with van der Waals surface area (Å²) in [6.07, 6.45) is 7.10. The van der Waals surface area contributed by atoms with E-state index in [1.54, 1.807) is 0 Å². The second-order valence-electron chi connectivity index (χ2n) is 6.53. The van der Waals surface area contributed by atoms with Gasteiger partial charge >= 0.3 is 0 Å². The van der Waals surface area contributed by atoms with Crippen molar-refractivity contribution < 1.29 is 4.39 Å². The van der Waals surface area contributed by atoms with Crippen LogP contribution in [0.15, 0.2) is 22.7 Å². The van der Waals surface area contributed by atoms with Crippen LogP contribution < -0.4 is 5.32 Å². The summed E-state index contributed by atoms with van der Waals surface area (Å²) in [5, 5.41) is 3.66. The molecule has 3 fully saturated rings. The summed E-state index contributed by atoms with van der Waals surface area (Å²) in [5.74, 6) is 3.64. The molecule has 0 radical (unpaired) electrons. The van der Waals surface area contributed by atoms with Crippen LogP contribution >= 0.6 is 15.9 Å². The van der Waals surface area contributed by atoms with Crippen molar-refractivity contribution >= 4 is 21.6 Å². The molecule has 5 unspecified atom stereocenters. The Kier molecular flexibility index (Phi) is 2.87. The van der Waals surface area contributed by atoms with Gasteiger partial charge in [0.25, 0.3) is 0 Å². The molecule has 1 aromatic carbocycles. The van der Waals surface area contributed by atoms with E-state index in [1.165, 1.54) is 38.2 Å². The van der Waals surface area contributed by atoms with Crippen LogP contribution in [0.1, 0.15) is 32.1 Å². The minimum atomic E-state index is -0.186. The smallest absolute Gasteiger partial charge is 0.137 e. The number of rotatable bonds is 2. The van der Waals surface area contributed by atoms with Gasteiger partial charge in [0, 0.05) is 11.7 Å². The molecule has 3 heteroatoms. The van der Waals surface area contributed by atoms with Crippen LogP contribution in [-0.4, -0.2) is 6.04 Å². The van der Waals surface area contributed by atoms with Gasteiger partial charge in [-0.3, -0.25) is 0 Å². The van der Waals surface area contributed by atoms with E-state index in [2.05, 4.69) is 21.2 Å². The van der Waals surface area contributed by atoms with Crippen molar-refractivity contribution in [2.45, 2.75) is 38.1 Å². The molecular formula is C16H19BrFN.